The van der Waals surface area contributed by atoms with E-state index in [0.29, 0.717) is 11.1 Å². The fourth-order valence-electron chi connectivity index (χ4n) is 1.83. The molecule has 3 heteroatoms. The summed E-state index contributed by atoms with van der Waals surface area (Å²) in [5.41, 5.74) is 1.15. The molecule has 2 rings (SSSR count). The summed E-state index contributed by atoms with van der Waals surface area (Å²) >= 11 is 0. The summed E-state index contributed by atoms with van der Waals surface area (Å²) in [5, 5.41) is 11.9. The summed E-state index contributed by atoms with van der Waals surface area (Å²) in [4.78, 5) is 0. The first-order valence-corrected chi connectivity index (χ1v) is 4.74. The van der Waals surface area contributed by atoms with Crippen molar-refractivity contribution in [3.8, 4) is 6.07 Å². The van der Waals surface area contributed by atoms with Gasteiger partial charge in [-0.25, -0.2) is 4.39 Å². The van der Waals surface area contributed by atoms with Crippen LogP contribution in [-0.2, 0) is 0 Å². The molecule has 1 aromatic rings. The summed E-state index contributed by atoms with van der Waals surface area (Å²) < 4.78 is 13.4. The van der Waals surface area contributed by atoms with Gasteiger partial charge >= 0.3 is 0 Å². The predicted molar refractivity (Wildman–Crippen MR) is 51.1 cm³/mol. The van der Waals surface area contributed by atoms with Crippen LogP contribution in [0.4, 0.5) is 4.39 Å². The Morgan fingerprint density at radius 1 is 1.50 bits per heavy atom. The van der Waals surface area contributed by atoms with E-state index in [2.05, 4.69) is 5.32 Å². The summed E-state index contributed by atoms with van der Waals surface area (Å²) in [5.74, 6) is -0.219. The summed E-state index contributed by atoms with van der Waals surface area (Å²) in [6.45, 7) is 0.931. The van der Waals surface area contributed by atoms with Crippen LogP contribution in [0.5, 0.6) is 0 Å². The standard InChI is InChI=1S/C11H11FN2/c12-10-4-3-8(7-13)6-9(10)11-2-1-5-14-11/h3-4,6,11,14H,1-2,5H2. The Morgan fingerprint density at radius 3 is 3.00 bits per heavy atom. The van der Waals surface area contributed by atoms with Gasteiger partial charge in [0.25, 0.3) is 0 Å². The highest BCUT2D eigenvalue weighted by atomic mass is 19.1. The molecule has 1 heterocycles. The molecule has 0 aromatic heterocycles. The van der Waals surface area contributed by atoms with Crippen LogP contribution in [0.3, 0.4) is 0 Å². The van der Waals surface area contributed by atoms with Gasteiger partial charge in [0.15, 0.2) is 0 Å². The van der Waals surface area contributed by atoms with E-state index in [4.69, 9.17) is 5.26 Å². The normalized spacial score (nSPS) is 20.7. The zero-order valence-electron chi connectivity index (χ0n) is 7.76. The van der Waals surface area contributed by atoms with Gasteiger partial charge in [-0.3, -0.25) is 0 Å². The SMILES string of the molecule is N#Cc1ccc(F)c(C2CCCN2)c1. The molecule has 0 spiro atoms. The third-order valence-electron chi connectivity index (χ3n) is 2.56. The van der Waals surface area contributed by atoms with Gasteiger partial charge in [-0.15, -0.1) is 0 Å². The lowest BCUT2D eigenvalue weighted by Crippen LogP contribution is -2.14. The van der Waals surface area contributed by atoms with Crippen LogP contribution in [0.1, 0.15) is 30.0 Å². The van der Waals surface area contributed by atoms with E-state index in [1.807, 2.05) is 6.07 Å². The first-order valence-electron chi connectivity index (χ1n) is 4.74. The maximum atomic E-state index is 13.4. The van der Waals surface area contributed by atoms with E-state index in [0.717, 1.165) is 19.4 Å². The molecule has 1 unspecified atom stereocenters. The minimum absolute atomic E-state index is 0.0864. The van der Waals surface area contributed by atoms with Gasteiger partial charge in [0.05, 0.1) is 11.6 Å². The second kappa shape index (κ2) is 3.77. The Kier molecular flexibility index (Phi) is 2.47. The maximum Gasteiger partial charge on any atom is 0.128 e. The zero-order valence-corrected chi connectivity index (χ0v) is 7.76. The topological polar surface area (TPSA) is 35.8 Å². The number of nitrogens with one attached hydrogen (secondary N) is 1. The quantitative estimate of drug-likeness (QED) is 0.736. The Labute approximate surface area is 82.4 Å². The van der Waals surface area contributed by atoms with Gasteiger partial charge in [-0.1, -0.05) is 0 Å². The summed E-state index contributed by atoms with van der Waals surface area (Å²) in [6, 6.07) is 6.62. The van der Waals surface area contributed by atoms with Gasteiger partial charge in [0.1, 0.15) is 5.82 Å². The molecule has 1 N–H and O–H groups in total. The number of nitrogens with zero attached hydrogens (tertiary/aromatic N) is 1. The lowest BCUT2D eigenvalue weighted by Gasteiger charge is -2.11. The number of hydrogen-bond donors (Lipinski definition) is 1. The van der Waals surface area contributed by atoms with E-state index in [-0.39, 0.29) is 11.9 Å². The van der Waals surface area contributed by atoms with Crippen LogP contribution in [0.25, 0.3) is 0 Å². The highest BCUT2D eigenvalue weighted by Gasteiger charge is 2.19. The van der Waals surface area contributed by atoms with Crippen LogP contribution < -0.4 is 5.32 Å². The van der Waals surface area contributed by atoms with Crippen LogP contribution in [0.15, 0.2) is 18.2 Å². The molecule has 0 bridgehead atoms. The lowest BCUT2D eigenvalue weighted by molar-refractivity contribution is 0.558. The van der Waals surface area contributed by atoms with E-state index >= 15 is 0 Å². The fourth-order valence-corrected chi connectivity index (χ4v) is 1.83. The van der Waals surface area contributed by atoms with Crippen LogP contribution in [-0.4, -0.2) is 6.54 Å². The Balaban J connectivity index is 2.35. The van der Waals surface area contributed by atoms with Crippen molar-refractivity contribution in [3.05, 3.63) is 35.1 Å². The molecule has 0 saturated carbocycles. The Bertz CT molecular complexity index is 375. The van der Waals surface area contributed by atoms with Crippen molar-refractivity contribution >= 4 is 0 Å². The largest absolute Gasteiger partial charge is 0.310 e. The van der Waals surface area contributed by atoms with Crippen LogP contribution in [0, 0.1) is 17.1 Å². The molecular formula is C11H11FN2. The smallest absolute Gasteiger partial charge is 0.128 e. The van der Waals surface area contributed by atoms with Gasteiger partial charge in [0, 0.05) is 11.6 Å². The third kappa shape index (κ3) is 1.61. The highest BCUT2D eigenvalue weighted by Crippen LogP contribution is 2.25. The van der Waals surface area contributed by atoms with Gasteiger partial charge < -0.3 is 5.32 Å². The van der Waals surface area contributed by atoms with Gasteiger partial charge in [0.2, 0.25) is 0 Å². The number of benzene rings is 1. The molecule has 1 aliphatic heterocycles. The molecule has 14 heavy (non-hydrogen) atoms. The lowest BCUT2D eigenvalue weighted by atomic mass is 10.0. The van der Waals surface area contributed by atoms with Crippen LogP contribution >= 0.6 is 0 Å². The average molecular weight is 190 g/mol. The summed E-state index contributed by atoms with van der Waals surface area (Å²) in [6.07, 6.45) is 2.02. The second-order valence-corrected chi connectivity index (χ2v) is 3.50. The number of halogens is 1. The molecule has 72 valence electrons. The van der Waals surface area contributed by atoms with E-state index < -0.39 is 0 Å². The van der Waals surface area contributed by atoms with Crippen LogP contribution in [0.2, 0.25) is 0 Å². The first kappa shape index (κ1) is 9.17. The minimum atomic E-state index is -0.219. The molecule has 0 radical (unpaired) electrons. The van der Waals surface area contributed by atoms with Crippen molar-refractivity contribution in [1.29, 1.82) is 5.26 Å². The number of nitriles is 1. The highest BCUT2D eigenvalue weighted by molar-refractivity contribution is 5.35. The molecule has 1 aromatic carbocycles. The predicted octanol–water partition coefficient (Wildman–Crippen LogP) is 2.12. The fraction of sp³-hybridized carbons (Fsp3) is 0.364. The molecule has 0 amide bonds. The van der Waals surface area contributed by atoms with Crippen molar-refractivity contribution in [2.45, 2.75) is 18.9 Å². The van der Waals surface area contributed by atoms with E-state index in [1.54, 1.807) is 6.07 Å². The molecule has 1 aliphatic rings. The van der Waals surface area contributed by atoms with E-state index in [1.165, 1.54) is 12.1 Å². The zero-order chi connectivity index (χ0) is 9.97. The molecule has 1 saturated heterocycles. The van der Waals surface area contributed by atoms with Gasteiger partial charge in [-0.2, -0.15) is 5.26 Å². The Hall–Kier alpha value is -1.40. The average Bonchev–Trinajstić information content (AvgIpc) is 2.71. The van der Waals surface area contributed by atoms with Crippen molar-refractivity contribution in [1.82, 2.24) is 5.32 Å². The first-order chi connectivity index (χ1) is 6.81. The van der Waals surface area contributed by atoms with Crippen molar-refractivity contribution in [2.24, 2.45) is 0 Å². The number of rotatable bonds is 1. The minimum Gasteiger partial charge on any atom is -0.310 e. The summed E-state index contributed by atoms with van der Waals surface area (Å²) in [7, 11) is 0. The molecular weight excluding hydrogens is 179 g/mol. The van der Waals surface area contributed by atoms with Crippen molar-refractivity contribution in [2.75, 3.05) is 6.54 Å². The molecule has 0 aliphatic carbocycles. The second-order valence-electron chi connectivity index (χ2n) is 3.50. The number of hydrogen-bond acceptors (Lipinski definition) is 2. The maximum absolute atomic E-state index is 13.4. The Morgan fingerprint density at radius 2 is 2.36 bits per heavy atom. The molecule has 1 atom stereocenters. The monoisotopic (exact) mass is 190 g/mol. The molecule has 2 nitrogen and oxygen atoms in total. The van der Waals surface area contributed by atoms with Gasteiger partial charge in [-0.05, 0) is 37.6 Å². The van der Waals surface area contributed by atoms with E-state index in [9.17, 15) is 4.39 Å². The third-order valence-corrected chi connectivity index (χ3v) is 2.56. The van der Waals surface area contributed by atoms with Crippen molar-refractivity contribution < 1.29 is 4.39 Å². The van der Waals surface area contributed by atoms with Crippen molar-refractivity contribution in [3.63, 3.8) is 0 Å². The molecule has 1 fully saturated rings.